The van der Waals surface area contributed by atoms with Gasteiger partial charge in [-0.05, 0) is 43.9 Å². The van der Waals surface area contributed by atoms with Crippen molar-refractivity contribution >= 4 is 0 Å². The summed E-state index contributed by atoms with van der Waals surface area (Å²) in [5.74, 6) is 0. The summed E-state index contributed by atoms with van der Waals surface area (Å²) in [6.07, 6.45) is 3.59. The molecule has 1 rings (SSSR count). The van der Waals surface area contributed by atoms with Crippen LogP contribution in [0.25, 0.3) is 0 Å². The Bertz CT molecular complexity index is 268. The lowest BCUT2D eigenvalue weighted by Crippen LogP contribution is -1.99. The molecule has 0 radical (unpaired) electrons. The molecule has 0 aromatic heterocycles. The van der Waals surface area contributed by atoms with Crippen LogP contribution in [0.2, 0.25) is 0 Å². The van der Waals surface area contributed by atoms with Crippen molar-refractivity contribution in [3.8, 4) is 0 Å². The number of rotatable bonds is 6. The van der Waals surface area contributed by atoms with Crippen molar-refractivity contribution in [3.05, 3.63) is 35.4 Å². The van der Waals surface area contributed by atoms with E-state index in [1.807, 2.05) is 0 Å². The highest BCUT2D eigenvalue weighted by molar-refractivity contribution is 5.24. The zero-order valence-electron chi connectivity index (χ0n) is 9.70. The van der Waals surface area contributed by atoms with E-state index in [1.54, 1.807) is 7.11 Å². The molecule has 0 aliphatic carbocycles. The molecule has 0 heterocycles. The summed E-state index contributed by atoms with van der Waals surface area (Å²) < 4.78 is 5.26. The van der Waals surface area contributed by atoms with Crippen LogP contribution in [0.5, 0.6) is 0 Å². The highest BCUT2D eigenvalue weighted by atomic mass is 16.5. The highest BCUT2D eigenvalue weighted by Crippen LogP contribution is 2.16. The summed E-state index contributed by atoms with van der Waals surface area (Å²) in [5.41, 5.74) is 8.08. The number of ether oxygens (including phenoxy) is 1. The van der Waals surface area contributed by atoms with E-state index < -0.39 is 0 Å². The van der Waals surface area contributed by atoms with E-state index in [-0.39, 0.29) is 6.10 Å². The van der Waals surface area contributed by atoms with Gasteiger partial charge in [0.15, 0.2) is 0 Å². The smallest absolute Gasteiger partial charge is 0.0793 e. The third-order valence-electron chi connectivity index (χ3n) is 2.72. The van der Waals surface area contributed by atoms with Gasteiger partial charge in [0.05, 0.1) is 6.10 Å². The fraction of sp³-hybridized carbons (Fsp3) is 0.538. The van der Waals surface area contributed by atoms with Crippen LogP contribution in [0.4, 0.5) is 0 Å². The lowest BCUT2D eigenvalue weighted by atomic mass is 10.0. The Hall–Kier alpha value is -0.860. The molecule has 0 aliphatic heterocycles. The maximum atomic E-state index is 5.46. The minimum Gasteiger partial charge on any atom is -0.377 e. The second kappa shape index (κ2) is 6.59. The van der Waals surface area contributed by atoms with Crippen molar-refractivity contribution < 1.29 is 4.74 Å². The predicted molar refractivity (Wildman–Crippen MR) is 63.9 cm³/mol. The molecule has 1 atom stereocenters. The molecule has 0 spiro atoms. The molecule has 0 saturated heterocycles. The maximum Gasteiger partial charge on any atom is 0.0793 e. The zero-order valence-corrected chi connectivity index (χ0v) is 9.70. The molecule has 84 valence electrons. The van der Waals surface area contributed by atoms with Crippen LogP contribution in [-0.4, -0.2) is 13.7 Å². The Morgan fingerprint density at radius 1 is 1.20 bits per heavy atom. The molecule has 0 amide bonds. The maximum absolute atomic E-state index is 5.46. The number of benzene rings is 1. The van der Waals surface area contributed by atoms with Gasteiger partial charge in [-0.2, -0.15) is 0 Å². The number of hydrogen-bond acceptors (Lipinski definition) is 2. The summed E-state index contributed by atoms with van der Waals surface area (Å²) in [7, 11) is 1.74. The van der Waals surface area contributed by atoms with Gasteiger partial charge >= 0.3 is 0 Å². The zero-order chi connectivity index (χ0) is 11.1. The standard InChI is InChI=1S/C13H21NO/c1-11(15-2)13-8-6-12(7-9-13)5-3-4-10-14/h6-9,11H,3-5,10,14H2,1-2H3. The van der Waals surface area contributed by atoms with Gasteiger partial charge in [0.25, 0.3) is 0 Å². The van der Waals surface area contributed by atoms with Crippen LogP contribution >= 0.6 is 0 Å². The third-order valence-corrected chi connectivity index (χ3v) is 2.72. The van der Waals surface area contributed by atoms with E-state index in [1.165, 1.54) is 17.5 Å². The molecule has 1 aromatic carbocycles. The number of methoxy groups -OCH3 is 1. The van der Waals surface area contributed by atoms with Gasteiger partial charge in [0.1, 0.15) is 0 Å². The molecule has 1 unspecified atom stereocenters. The topological polar surface area (TPSA) is 35.2 Å². The Kier molecular flexibility index (Phi) is 5.37. The summed E-state index contributed by atoms with van der Waals surface area (Å²) in [6.45, 7) is 2.85. The van der Waals surface area contributed by atoms with E-state index in [4.69, 9.17) is 10.5 Å². The molecule has 2 heteroatoms. The van der Waals surface area contributed by atoms with E-state index in [0.717, 1.165) is 19.4 Å². The molecule has 2 N–H and O–H groups in total. The van der Waals surface area contributed by atoms with Gasteiger partial charge in [-0.25, -0.2) is 0 Å². The van der Waals surface area contributed by atoms with Crippen molar-refractivity contribution in [1.29, 1.82) is 0 Å². The minimum absolute atomic E-state index is 0.183. The predicted octanol–water partition coefficient (Wildman–Crippen LogP) is 2.68. The summed E-state index contributed by atoms with van der Waals surface area (Å²) in [5, 5.41) is 0. The number of nitrogens with two attached hydrogens (primary N) is 1. The van der Waals surface area contributed by atoms with Crippen molar-refractivity contribution in [1.82, 2.24) is 0 Å². The molecule has 2 nitrogen and oxygen atoms in total. The Morgan fingerprint density at radius 3 is 2.40 bits per heavy atom. The molecule has 0 bridgehead atoms. The lowest BCUT2D eigenvalue weighted by Gasteiger charge is -2.10. The number of unbranched alkanes of at least 4 members (excludes halogenated alkanes) is 1. The first kappa shape index (κ1) is 12.2. The Labute approximate surface area is 92.4 Å². The normalized spacial score (nSPS) is 12.7. The van der Waals surface area contributed by atoms with Crippen LogP contribution in [0.3, 0.4) is 0 Å². The van der Waals surface area contributed by atoms with E-state index in [0.29, 0.717) is 0 Å². The van der Waals surface area contributed by atoms with E-state index in [2.05, 4.69) is 31.2 Å². The van der Waals surface area contributed by atoms with Crippen molar-refractivity contribution in [2.75, 3.05) is 13.7 Å². The molecule has 0 fully saturated rings. The van der Waals surface area contributed by atoms with Crippen molar-refractivity contribution in [3.63, 3.8) is 0 Å². The quantitative estimate of drug-likeness (QED) is 0.728. The van der Waals surface area contributed by atoms with Crippen LogP contribution in [0.1, 0.15) is 37.0 Å². The molecule has 0 aliphatic rings. The van der Waals surface area contributed by atoms with Crippen molar-refractivity contribution in [2.45, 2.75) is 32.3 Å². The second-order valence-corrected chi connectivity index (χ2v) is 3.87. The highest BCUT2D eigenvalue weighted by Gasteiger charge is 2.02. The van der Waals surface area contributed by atoms with Crippen LogP contribution < -0.4 is 5.73 Å². The average Bonchev–Trinajstić information content (AvgIpc) is 2.29. The fourth-order valence-electron chi connectivity index (χ4n) is 1.56. The van der Waals surface area contributed by atoms with Gasteiger partial charge in [-0.3, -0.25) is 0 Å². The monoisotopic (exact) mass is 207 g/mol. The number of aryl methyl sites for hydroxylation is 1. The average molecular weight is 207 g/mol. The molecular weight excluding hydrogens is 186 g/mol. The van der Waals surface area contributed by atoms with Crippen LogP contribution in [-0.2, 0) is 11.2 Å². The SMILES string of the molecule is COC(C)c1ccc(CCCCN)cc1. The van der Waals surface area contributed by atoms with Crippen LogP contribution in [0, 0.1) is 0 Å². The minimum atomic E-state index is 0.183. The Balaban J connectivity index is 2.49. The van der Waals surface area contributed by atoms with Gasteiger partial charge in [0.2, 0.25) is 0 Å². The molecule has 15 heavy (non-hydrogen) atoms. The molecule has 0 saturated carbocycles. The third kappa shape index (κ3) is 4.02. The molecule has 1 aromatic rings. The Morgan fingerprint density at radius 2 is 1.87 bits per heavy atom. The summed E-state index contributed by atoms with van der Waals surface area (Å²) in [4.78, 5) is 0. The van der Waals surface area contributed by atoms with Gasteiger partial charge in [0, 0.05) is 7.11 Å². The van der Waals surface area contributed by atoms with Gasteiger partial charge in [-0.1, -0.05) is 24.3 Å². The summed E-state index contributed by atoms with van der Waals surface area (Å²) >= 11 is 0. The van der Waals surface area contributed by atoms with Gasteiger partial charge in [-0.15, -0.1) is 0 Å². The first-order valence-electron chi connectivity index (χ1n) is 5.59. The first-order valence-corrected chi connectivity index (χ1v) is 5.59. The molecular formula is C13H21NO. The van der Waals surface area contributed by atoms with Gasteiger partial charge < -0.3 is 10.5 Å². The first-order chi connectivity index (χ1) is 7.27. The largest absolute Gasteiger partial charge is 0.377 e. The second-order valence-electron chi connectivity index (χ2n) is 3.87. The fourth-order valence-corrected chi connectivity index (χ4v) is 1.56. The lowest BCUT2D eigenvalue weighted by molar-refractivity contribution is 0.119. The summed E-state index contributed by atoms with van der Waals surface area (Å²) in [6, 6.07) is 8.65. The van der Waals surface area contributed by atoms with E-state index >= 15 is 0 Å². The van der Waals surface area contributed by atoms with Crippen LogP contribution in [0.15, 0.2) is 24.3 Å². The number of hydrogen-bond donors (Lipinski definition) is 1. The van der Waals surface area contributed by atoms with E-state index in [9.17, 15) is 0 Å². The van der Waals surface area contributed by atoms with Crippen molar-refractivity contribution in [2.24, 2.45) is 5.73 Å².